The number of aromatic nitrogens is 2. The van der Waals surface area contributed by atoms with Crippen molar-refractivity contribution in [2.45, 2.75) is 157 Å². The van der Waals surface area contributed by atoms with Crippen molar-refractivity contribution in [1.82, 2.24) is 29.6 Å². The molecule has 4 atom stereocenters. The first kappa shape index (κ1) is 89.0. The third-order valence-electron chi connectivity index (χ3n) is 11.8. The minimum absolute atomic E-state index is 0. The topological polar surface area (TPSA) is 38.7 Å². The molecule has 0 aliphatic heterocycles. The number of benzene rings is 2. The predicted octanol–water partition coefficient (Wildman–Crippen LogP) is 12.0. The van der Waals surface area contributed by atoms with Crippen LogP contribution in [-0.2, 0) is 136 Å². The Bertz CT molecular complexity index is 1510. The van der Waals surface area contributed by atoms with E-state index in [2.05, 4.69) is 166 Å². The molecule has 0 saturated heterocycles. The number of nitrogens with zero attached hydrogens (tertiary/aromatic N) is 6. The van der Waals surface area contributed by atoms with Crippen LogP contribution in [0, 0.1) is 179 Å². The summed E-state index contributed by atoms with van der Waals surface area (Å²) in [6.45, 7) is 17.5. The summed E-state index contributed by atoms with van der Waals surface area (Å²) < 4.78 is 0. The van der Waals surface area contributed by atoms with Crippen LogP contribution in [0.25, 0.3) is 0 Å². The van der Waals surface area contributed by atoms with Crippen molar-refractivity contribution >= 4 is 0 Å². The van der Waals surface area contributed by atoms with Crippen molar-refractivity contribution in [3.8, 4) is 0 Å². The van der Waals surface area contributed by atoms with Crippen molar-refractivity contribution < 1.29 is 235 Å². The largest absolute Gasteiger partial charge is 0.459 e. The second-order valence-electron chi connectivity index (χ2n) is 16.9. The minimum atomic E-state index is 0. The van der Waals surface area contributed by atoms with Gasteiger partial charge >= 0.3 is 0 Å². The molecule has 0 aliphatic rings. The van der Waals surface area contributed by atoms with E-state index in [-0.39, 0.29) is 235 Å². The van der Waals surface area contributed by atoms with Crippen molar-refractivity contribution in [3.05, 3.63) is 158 Å². The number of aryl methyl sites for hydroxylation is 8. The predicted molar refractivity (Wildman–Crippen MR) is 262 cm³/mol. The number of rotatable bonds is 20. The fourth-order valence-electron chi connectivity index (χ4n) is 5.94. The number of hydrogen-bond acceptors (Lipinski definition) is 6. The van der Waals surface area contributed by atoms with Crippen LogP contribution in [0.15, 0.2) is 85.2 Å². The summed E-state index contributed by atoms with van der Waals surface area (Å²) in [6, 6.07) is 28.6. The van der Waals surface area contributed by atoms with E-state index in [1.54, 1.807) is 0 Å². The van der Waals surface area contributed by atoms with Crippen molar-refractivity contribution in [2.24, 2.45) is 0 Å². The first-order valence-corrected chi connectivity index (χ1v) is 22.7. The molecule has 2 aromatic carbocycles. The SMILES string of the molecule is [Ar].[Ar].[Ar].[Ar].[CH2-]N(C)C(C)CCc1ccc(CC)cc1.[CH2-]N(C)C(C)CCc1ccc(CC)cn1.[CH2-]N(C)C(C)CCc1ccc(CC)nc1.[CH2-]N(C)C(C)CCc1cccc(CC)c1.[W].[W].[W].[W]. The molecule has 4 unspecified atom stereocenters. The van der Waals surface area contributed by atoms with E-state index in [1.165, 1.54) is 57.6 Å². The molecule has 0 N–H and O–H groups in total. The van der Waals surface area contributed by atoms with Crippen LogP contribution >= 0.6 is 0 Å². The Morgan fingerprint density at radius 1 is 0.382 bits per heavy atom. The summed E-state index contributed by atoms with van der Waals surface area (Å²) in [6.07, 6.45) is 17.3. The molecule has 4 rings (SSSR count). The van der Waals surface area contributed by atoms with Gasteiger partial charge in [-0.25, -0.2) is 0 Å². The Labute approximate surface area is 597 Å². The van der Waals surface area contributed by atoms with Crippen LogP contribution in [-0.4, -0.2) is 81.9 Å². The van der Waals surface area contributed by atoms with Crippen LogP contribution in [0.4, 0.5) is 0 Å². The fraction of sp³-hybridized carbons (Fsp3) is 0.519. The molecule has 2 heterocycles. The normalized spacial score (nSPS) is 11.6. The Morgan fingerprint density at radius 3 is 1.07 bits per heavy atom. The zero-order valence-electron chi connectivity index (χ0n) is 43.4. The zero-order chi connectivity index (χ0) is 45.0. The Balaban J connectivity index is -0.000000113. The van der Waals surface area contributed by atoms with Gasteiger partial charge < -0.3 is 19.6 Å². The van der Waals surface area contributed by atoms with Gasteiger partial charge in [0.05, 0.1) is 0 Å². The molecule has 6 nitrogen and oxygen atoms in total. The molecule has 0 radical (unpaired) electrons. The smallest absolute Gasteiger partial charge is 0.0404 e. The van der Waals surface area contributed by atoms with Gasteiger partial charge in [0.25, 0.3) is 0 Å². The van der Waals surface area contributed by atoms with Crippen LogP contribution in [0.3, 0.4) is 0 Å². The molecule has 2 aromatic heterocycles. The second-order valence-corrected chi connectivity index (χ2v) is 16.9. The molecule has 0 saturated carbocycles. The molecular formula is C54H86Ar4N6W4-4. The molecule has 0 spiro atoms. The van der Waals surface area contributed by atoms with E-state index in [0.717, 1.165) is 64.2 Å². The Hall–Kier alpha value is 4.37. The molecule has 0 amide bonds. The van der Waals surface area contributed by atoms with E-state index in [1.807, 2.05) is 60.2 Å². The minimum Gasteiger partial charge on any atom is -0.459 e. The zero-order valence-corrected chi connectivity index (χ0v) is 58.0. The van der Waals surface area contributed by atoms with Gasteiger partial charge in [0.1, 0.15) is 0 Å². The fourth-order valence-corrected chi connectivity index (χ4v) is 5.94. The van der Waals surface area contributed by atoms with Gasteiger partial charge in [-0.3, -0.25) is 38.2 Å². The summed E-state index contributed by atoms with van der Waals surface area (Å²) in [5, 5.41) is 0. The van der Waals surface area contributed by atoms with Crippen LogP contribution in [0.2, 0.25) is 0 Å². The summed E-state index contributed by atoms with van der Waals surface area (Å²) in [4.78, 5) is 16.9. The molecule has 14 heteroatoms. The maximum atomic E-state index is 4.44. The molecule has 392 valence electrons. The monoisotopic (exact) mass is 1710 g/mol. The molecule has 0 bridgehead atoms. The molecular weight excluding hydrogens is 1630 g/mol. The van der Waals surface area contributed by atoms with Crippen LogP contribution < -0.4 is 0 Å². The molecule has 4 aromatic rings. The van der Waals surface area contributed by atoms with Gasteiger partial charge in [-0.1, -0.05) is 116 Å². The van der Waals surface area contributed by atoms with E-state index < -0.39 is 0 Å². The third-order valence-corrected chi connectivity index (χ3v) is 11.8. The van der Waals surface area contributed by atoms with Gasteiger partial charge in [0.15, 0.2) is 0 Å². The number of hydrogen-bond donors (Lipinski definition) is 0. The van der Waals surface area contributed by atoms with Crippen molar-refractivity contribution in [1.29, 1.82) is 0 Å². The summed E-state index contributed by atoms with van der Waals surface area (Å²) in [5.74, 6) is 0. The van der Waals surface area contributed by atoms with Gasteiger partial charge in [-0.2, -0.15) is 0 Å². The Kier molecular flexibility index (Phi) is 71.6. The van der Waals surface area contributed by atoms with E-state index >= 15 is 0 Å². The van der Waals surface area contributed by atoms with Crippen LogP contribution in [0.1, 0.15) is 126 Å². The maximum absolute atomic E-state index is 4.44. The quantitative estimate of drug-likeness (QED) is 0.0821. The first-order chi connectivity index (χ1) is 28.5. The van der Waals surface area contributed by atoms with E-state index in [4.69, 9.17) is 0 Å². The van der Waals surface area contributed by atoms with Gasteiger partial charge in [-0.15, -0.1) is 0 Å². The Morgan fingerprint density at radius 2 is 0.706 bits per heavy atom. The molecule has 0 aliphatic carbocycles. The summed E-state index contributed by atoms with van der Waals surface area (Å²) >= 11 is 0. The molecule has 0 fully saturated rings. The van der Waals surface area contributed by atoms with Gasteiger partial charge in [0, 0.05) is 259 Å². The van der Waals surface area contributed by atoms with Gasteiger partial charge in [-0.05, 0) is 175 Å². The van der Waals surface area contributed by atoms with Crippen molar-refractivity contribution in [3.63, 3.8) is 0 Å². The second kappa shape index (κ2) is 54.7. The van der Waals surface area contributed by atoms with E-state index in [0.29, 0.717) is 24.2 Å². The first-order valence-electron chi connectivity index (χ1n) is 22.7. The average molecular weight is 1710 g/mol. The van der Waals surface area contributed by atoms with E-state index in [9.17, 15) is 0 Å². The third kappa shape index (κ3) is 43.4. The summed E-state index contributed by atoms with van der Waals surface area (Å²) in [5.41, 5.74) is 10.7. The van der Waals surface area contributed by atoms with Gasteiger partial charge in [0.2, 0.25) is 0 Å². The number of pyridine rings is 2. The molecule has 68 heavy (non-hydrogen) atoms. The summed E-state index contributed by atoms with van der Waals surface area (Å²) in [7, 11) is 23.7. The van der Waals surface area contributed by atoms with Crippen LogP contribution in [0.5, 0.6) is 0 Å². The standard InChI is InChI=1S/2C14H22N.2C13H21N2.4Ar.4W/c1-5-13-8-10-14(11-9-13)7-6-12(2)15(3)4;1-5-13-7-6-8-14(11-13)10-9-12(2)15(3)4;1-5-12-7-9-13(14-10-12)8-6-11(2)15(3)4;1-5-13-9-8-12(10-14-13)7-6-11(2)15(3)4;;;;;;;;/h8-12H,3,5-7H2,1-2,4H3;6-8,11-12H,3,5,9-10H2,1-2,4H3;7,9-11H,3,5-6,8H2,1-2,4H3;8-11H,3,5-7H2,1-2,4H3;;;;;;;;/q4*-1;;;;;;;;. The average Bonchev–Trinajstić information content (AvgIpc) is 3.26. The van der Waals surface area contributed by atoms with Crippen molar-refractivity contribution in [2.75, 3.05) is 28.2 Å². The maximum Gasteiger partial charge on any atom is 0.0404 e.